The highest BCUT2D eigenvalue weighted by Crippen LogP contribution is 2.29. The first-order chi connectivity index (χ1) is 9.65. The fraction of sp³-hybridized carbons (Fsp3) is 0.455. The Morgan fingerprint density at radius 2 is 2.00 bits per heavy atom. The van der Waals surface area contributed by atoms with Crippen LogP contribution in [0, 0.1) is 0 Å². The maximum absolute atomic E-state index is 12.0. The molecule has 1 aromatic rings. The summed E-state index contributed by atoms with van der Waals surface area (Å²) in [5.41, 5.74) is -3.78. The van der Waals surface area contributed by atoms with Crippen molar-refractivity contribution in [3.8, 4) is 0 Å². The summed E-state index contributed by atoms with van der Waals surface area (Å²) in [6, 6.07) is 4.13. The van der Waals surface area contributed by atoms with E-state index in [1.54, 1.807) is 7.05 Å². The Balaban J connectivity index is 2.72. The lowest BCUT2D eigenvalue weighted by Gasteiger charge is -2.10. The van der Waals surface area contributed by atoms with Crippen molar-refractivity contribution in [1.82, 2.24) is 10.0 Å². The molecule has 0 spiro atoms. The van der Waals surface area contributed by atoms with Crippen molar-refractivity contribution >= 4 is 33.4 Å². The molecule has 0 aromatic heterocycles. The summed E-state index contributed by atoms with van der Waals surface area (Å²) in [6.07, 6.45) is 0. The molecule has 10 heteroatoms. The molecule has 0 aliphatic rings. The normalized spacial score (nSPS) is 12.6. The summed E-state index contributed by atoms with van der Waals surface area (Å²) >= 11 is 5.64. The van der Waals surface area contributed by atoms with E-state index in [-0.39, 0.29) is 29.0 Å². The van der Waals surface area contributed by atoms with E-state index in [1.165, 1.54) is 18.2 Å². The zero-order chi connectivity index (χ0) is 16.1. The third-order valence-electron chi connectivity index (χ3n) is 2.35. The third kappa shape index (κ3) is 6.43. The Bertz CT molecular complexity index is 579. The Morgan fingerprint density at radius 3 is 2.57 bits per heavy atom. The molecule has 0 fully saturated rings. The van der Waals surface area contributed by atoms with Gasteiger partial charge in [0.1, 0.15) is 0 Å². The van der Waals surface area contributed by atoms with E-state index < -0.39 is 15.5 Å². The van der Waals surface area contributed by atoms with Crippen molar-refractivity contribution in [2.24, 2.45) is 0 Å². The molecule has 120 valence electrons. The Hall–Kier alpha value is -0.480. The molecule has 0 atom stereocenters. The number of halogens is 4. The van der Waals surface area contributed by atoms with Gasteiger partial charge in [0.2, 0.25) is 10.0 Å². The van der Waals surface area contributed by atoms with E-state index in [2.05, 4.69) is 10.0 Å². The molecule has 0 saturated heterocycles. The van der Waals surface area contributed by atoms with Crippen molar-refractivity contribution in [2.45, 2.75) is 16.9 Å². The molecule has 1 aromatic carbocycles. The van der Waals surface area contributed by atoms with E-state index in [4.69, 9.17) is 11.6 Å². The highest BCUT2D eigenvalue weighted by molar-refractivity contribution is 8.00. The van der Waals surface area contributed by atoms with Gasteiger partial charge in [-0.2, -0.15) is 13.2 Å². The monoisotopic (exact) mass is 362 g/mol. The van der Waals surface area contributed by atoms with Crippen molar-refractivity contribution in [2.75, 3.05) is 19.3 Å². The highest BCUT2D eigenvalue weighted by Gasteiger charge is 2.27. The second kappa shape index (κ2) is 7.68. The smallest absolute Gasteiger partial charge is 0.316 e. The molecule has 21 heavy (non-hydrogen) atoms. The van der Waals surface area contributed by atoms with Crippen LogP contribution in [0.3, 0.4) is 0 Å². The second-order valence-electron chi connectivity index (χ2n) is 3.98. The second-order valence-corrected chi connectivity index (χ2v) is 7.31. The maximum Gasteiger partial charge on any atom is 0.441 e. The van der Waals surface area contributed by atoms with Crippen LogP contribution in [0.5, 0.6) is 0 Å². The van der Waals surface area contributed by atoms with Crippen LogP contribution in [0.2, 0.25) is 5.02 Å². The lowest BCUT2D eigenvalue weighted by Crippen LogP contribution is -2.27. The molecule has 0 amide bonds. The van der Waals surface area contributed by atoms with Crippen LogP contribution in [0.25, 0.3) is 0 Å². The summed E-state index contributed by atoms with van der Waals surface area (Å²) in [4.78, 5) is -0.0332. The van der Waals surface area contributed by atoms with Gasteiger partial charge in [-0.1, -0.05) is 11.6 Å². The minimum absolute atomic E-state index is 0.0332. The zero-order valence-electron chi connectivity index (χ0n) is 11.0. The van der Waals surface area contributed by atoms with Gasteiger partial charge in [0.25, 0.3) is 0 Å². The van der Waals surface area contributed by atoms with Crippen molar-refractivity contribution in [1.29, 1.82) is 0 Å². The molecule has 0 radical (unpaired) electrons. The van der Waals surface area contributed by atoms with Crippen LogP contribution in [0.4, 0.5) is 13.2 Å². The molecule has 0 aliphatic carbocycles. The number of hydrogen-bond acceptors (Lipinski definition) is 4. The van der Waals surface area contributed by atoms with Crippen LogP contribution >= 0.6 is 23.4 Å². The first-order valence-corrected chi connectivity index (χ1v) is 8.64. The molecular formula is C11H14ClF3N2O2S2. The molecule has 0 heterocycles. The number of benzene rings is 1. The predicted octanol–water partition coefficient (Wildman–Crippen LogP) is 2.59. The van der Waals surface area contributed by atoms with Gasteiger partial charge in [-0.25, -0.2) is 13.1 Å². The van der Waals surface area contributed by atoms with Crippen LogP contribution in [-0.2, 0) is 16.6 Å². The number of thioether (sulfide) groups is 1. The van der Waals surface area contributed by atoms with Gasteiger partial charge in [-0.15, -0.1) is 0 Å². The topological polar surface area (TPSA) is 58.2 Å². The summed E-state index contributed by atoms with van der Waals surface area (Å²) < 4.78 is 61.9. The van der Waals surface area contributed by atoms with Gasteiger partial charge in [0, 0.05) is 23.9 Å². The molecule has 0 unspecified atom stereocenters. The Morgan fingerprint density at radius 1 is 1.33 bits per heavy atom. The summed E-state index contributed by atoms with van der Waals surface area (Å²) in [7, 11) is -2.17. The molecule has 0 saturated carbocycles. The van der Waals surface area contributed by atoms with Crippen molar-refractivity contribution in [3.05, 3.63) is 28.8 Å². The van der Waals surface area contributed by atoms with Gasteiger partial charge in [0.15, 0.2) is 0 Å². The number of rotatable bonds is 7. The number of hydrogen-bond donors (Lipinski definition) is 2. The molecular weight excluding hydrogens is 349 g/mol. The third-order valence-corrected chi connectivity index (χ3v) is 4.92. The summed E-state index contributed by atoms with van der Waals surface area (Å²) in [6.45, 7) is 0.0720. The fourth-order valence-electron chi connectivity index (χ4n) is 1.47. The Kier molecular flexibility index (Phi) is 6.79. The van der Waals surface area contributed by atoms with E-state index in [1.807, 2.05) is 0 Å². The number of sulfonamides is 1. The molecule has 1 rings (SSSR count). The largest absolute Gasteiger partial charge is 0.441 e. The predicted molar refractivity (Wildman–Crippen MR) is 77.9 cm³/mol. The molecule has 2 N–H and O–H groups in total. The van der Waals surface area contributed by atoms with Gasteiger partial charge < -0.3 is 5.32 Å². The van der Waals surface area contributed by atoms with Crippen molar-refractivity contribution in [3.63, 3.8) is 0 Å². The first-order valence-electron chi connectivity index (χ1n) is 5.79. The average Bonchev–Trinajstić information content (AvgIpc) is 2.36. The van der Waals surface area contributed by atoms with Crippen molar-refractivity contribution < 1.29 is 21.6 Å². The standard InChI is InChI=1S/C11H14ClF3N2O2S2/c1-16-7-8-6-9(2-3-10(8)12)21(18,19)17-4-5-20-11(13,14)15/h2-3,6,16-17H,4-5,7H2,1H3. The minimum Gasteiger partial charge on any atom is -0.316 e. The number of nitrogens with one attached hydrogen (secondary N) is 2. The minimum atomic E-state index is -4.37. The van der Waals surface area contributed by atoms with E-state index in [0.29, 0.717) is 17.1 Å². The molecule has 0 bridgehead atoms. The Labute approximate surface area is 130 Å². The first kappa shape index (κ1) is 18.6. The van der Waals surface area contributed by atoms with Gasteiger partial charge in [-0.3, -0.25) is 0 Å². The maximum atomic E-state index is 12.0. The fourth-order valence-corrected chi connectivity index (χ4v) is 3.30. The SMILES string of the molecule is CNCc1cc(S(=O)(=O)NCCSC(F)(F)F)ccc1Cl. The zero-order valence-corrected chi connectivity index (χ0v) is 13.4. The van der Waals surface area contributed by atoms with Gasteiger partial charge in [-0.05, 0) is 42.6 Å². The number of alkyl halides is 3. The van der Waals surface area contributed by atoms with E-state index >= 15 is 0 Å². The molecule has 4 nitrogen and oxygen atoms in total. The van der Waals surface area contributed by atoms with E-state index in [9.17, 15) is 21.6 Å². The molecule has 0 aliphatic heterocycles. The lowest BCUT2D eigenvalue weighted by molar-refractivity contribution is -0.0327. The van der Waals surface area contributed by atoms with Crippen LogP contribution < -0.4 is 10.0 Å². The van der Waals surface area contributed by atoms with Crippen LogP contribution in [0.15, 0.2) is 23.1 Å². The summed E-state index contributed by atoms with van der Waals surface area (Å²) in [5, 5.41) is 3.26. The van der Waals surface area contributed by atoms with Gasteiger partial charge in [0.05, 0.1) is 4.90 Å². The highest BCUT2D eigenvalue weighted by atomic mass is 35.5. The quantitative estimate of drug-likeness (QED) is 0.732. The van der Waals surface area contributed by atoms with Crippen LogP contribution in [0.1, 0.15) is 5.56 Å². The van der Waals surface area contributed by atoms with E-state index in [0.717, 1.165) is 0 Å². The lowest BCUT2D eigenvalue weighted by atomic mass is 10.2. The average molecular weight is 363 g/mol. The summed E-state index contributed by atoms with van der Waals surface area (Å²) in [5.74, 6) is -0.389. The van der Waals surface area contributed by atoms with Crippen LogP contribution in [-0.4, -0.2) is 33.3 Å². The van der Waals surface area contributed by atoms with Gasteiger partial charge >= 0.3 is 5.51 Å².